The van der Waals surface area contributed by atoms with E-state index in [1.165, 1.54) is 16.4 Å². The molecule has 180 valence electrons. The van der Waals surface area contributed by atoms with Gasteiger partial charge in [-0.05, 0) is 44.5 Å². The molecule has 0 bridgehead atoms. The predicted octanol–water partition coefficient (Wildman–Crippen LogP) is 3.53. The first-order valence-electron chi connectivity index (χ1n) is 10.4. The second-order valence-corrected chi connectivity index (χ2v) is 9.39. The molecule has 0 spiro atoms. The summed E-state index contributed by atoms with van der Waals surface area (Å²) < 4.78 is 36.9. The lowest BCUT2D eigenvalue weighted by Crippen LogP contribution is -2.31. The molecule has 0 saturated carbocycles. The highest BCUT2D eigenvalue weighted by atomic mass is 35.5. The maximum absolute atomic E-state index is 12.8. The lowest BCUT2D eigenvalue weighted by molar-refractivity contribution is 0.0472. The molecule has 1 N–H and O–H groups in total. The predicted molar refractivity (Wildman–Crippen MR) is 122 cm³/mol. The summed E-state index contributed by atoms with van der Waals surface area (Å²) in [5, 5.41) is -0.0292. The fourth-order valence-corrected chi connectivity index (χ4v) is 5.31. The smallest absolute Gasteiger partial charge is 0.340 e. The summed E-state index contributed by atoms with van der Waals surface area (Å²) in [7, 11) is -3.90. The number of ether oxygens (including phenoxy) is 2. The topological polar surface area (TPSA) is 123 Å². The van der Waals surface area contributed by atoms with Crippen LogP contribution in [-0.4, -0.2) is 61.7 Å². The van der Waals surface area contributed by atoms with Gasteiger partial charge in [0.25, 0.3) is 0 Å². The minimum absolute atomic E-state index is 0.0292. The molecule has 0 aliphatic carbocycles. The normalized spacial score (nSPS) is 11.5. The van der Waals surface area contributed by atoms with Crippen molar-refractivity contribution in [3.8, 4) is 0 Å². The first-order chi connectivity index (χ1) is 15.5. The Morgan fingerprint density at radius 1 is 1.03 bits per heavy atom. The number of carbonyl (C=O) groups is 3. The Bertz CT molecular complexity index is 1170. The summed E-state index contributed by atoms with van der Waals surface area (Å²) in [5.41, 5.74) is 1.18. The standard InChI is InChI=1S/C22H27ClN2O7S/c1-6-25(7-2)33(29,30)18-11-15(9-10-16(18)23)21(27)32-12-17(26)20-13(4)19(14(5)24-20)22(28)31-8-3/h9-11,24H,6-8,12H2,1-5H3. The van der Waals surface area contributed by atoms with Crippen molar-refractivity contribution in [3.05, 3.63) is 51.3 Å². The number of rotatable bonds is 10. The number of H-pyrrole nitrogens is 1. The van der Waals surface area contributed by atoms with Crippen LogP contribution in [0.25, 0.3) is 0 Å². The highest BCUT2D eigenvalue weighted by molar-refractivity contribution is 7.89. The molecule has 1 aromatic carbocycles. The first kappa shape index (κ1) is 26.6. The summed E-state index contributed by atoms with van der Waals surface area (Å²) in [5.74, 6) is -1.99. The highest BCUT2D eigenvalue weighted by Crippen LogP contribution is 2.26. The number of hydrogen-bond acceptors (Lipinski definition) is 7. The minimum atomic E-state index is -3.90. The molecule has 11 heteroatoms. The van der Waals surface area contributed by atoms with Gasteiger partial charge in [-0.3, -0.25) is 4.79 Å². The Balaban J connectivity index is 2.22. The van der Waals surface area contributed by atoms with Crippen LogP contribution in [-0.2, 0) is 19.5 Å². The Morgan fingerprint density at radius 3 is 2.24 bits per heavy atom. The van der Waals surface area contributed by atoms with E-state index in [1.807, 2.05) is 0 Å². The van der Waals surface area contributed by atoms with E-state index in [1.54, 1.807) is 34.6 Å². The summed E-state index contributed by atoms with van der Waals surface area (Å²) >= 11 is 6.08. The van der Waals surface area contributed by atoms with Gasteiger partial charge in [-0.25, -0.2) is 18.0 Å². The minimum Gasteiger partial charge on any atom is -0.462 e. The van der Waals surface area contributed by atoms with Crippen molar-refractivity contribution < 1.29 is 32.3 Å². The maximum atomic E-state index is 12.8. The second kappa shape index (κ2) is 11.0. The average molecular weight is 499 g/mol. The van der Waals surface area contributed by atoms with Crippen molar-refractivity contribution in [1.82, 2.24) is 9.29 Å². The van der Waals surface area contributed by atoms with E-state index in [2.05, 4.69) is 4.98 Å². The van der Waals surface area contributed by atoms with E-state index in [0.717, 1.165) is 6.07 Å². The molecule has 0 fully saturated rings. The number of carbonyl (C=O) groups excluding carboxylic acids is 3. The SMILES string of the molecule is CCOC(=O)c1c(C)[nH]c(C(=O)COC(=O)c2ccc(Cl)c(S(=O)(=O)N(CC)CC)c2)c1C. The number of benzene rings is 1. The van der Waals surface area contributed by atoms with E-state index in [4.69, 9.17) is 21.1 Å². The summed E-state index contributed by atoms with van der Waals surface area (Å²) in [6, 6.07) is 3.74. The number of aromatic amines is 1. The third-order valence-corrected chi connectivity index (χ3v) is 7.55. The van der Waals surface area contributed by atoms with Crippen LogP contribution in [0.5, 0.6) is 0 Å². The zero-order valence-corrected chi connectivity index (χ0v) is 20.7. The van der Waals surface area contributed by atoms with E-state index < -0.39 is 34.4 Å². The fourth-order valence-electron chi connectivity index (χ4n) is 3.36. The number of halogens is 1. The van der Waals surface area contributed by atoms with Crippen molar-refractivity contribution in [3.63, 3.8) is 0 Å². The zero-order chi connectivity index (χ0) is 24.9. The molecule has 2 aromatic rings. The van der Waals surface area contributed by atoms with E-state index >= 15 is 0 Å². The molecule has 0 atom stereocenters. The third-order valence-electron chi connectivity index (χ3n) is 5.02. The monoisotopic (exact) mass is 498 g/mol. The van der Waals surface area contributed by atoms with Gasteiger partial charge in [0, 0.05) is 18.8 Å². The van der Waals surface area contributed by atoms with Gasteiger partial charge >= 0.3 is 11.9 Å². The number of Topliss-reactive ketones (excluding diaryl/α,β-unsaturated/α-hetero) is 1. The van der Waals surface area contributed by atoms with Gasteiger partial charge < -0.3 is 14.5 Å². The summed E-state index contributed by atoms with van der Waals surface area (Å²) in [6.45, 7) is 8.34. The Kier molecular flexibility index (Phi) is 8.82. The molecule has 0 unspecified atom stereocenters. The molecule has 0 saturated heterocycles. The van der Waals surface area contributed by atoms with Gasteiger partial charge in [0.05, 0.1) is 28.5 Å². The molecule has 1 aromatic heterocycles. The average Bonchev–Trinajstić information content (AvgIpc) is 3.06. The first-order valence-corrected chi connectivity index (χ1v) is 12.2. The van der Waals surface area contributed by atoms with Crippen molar-refractivity contribution in [2.45, 2.75) is 39.5 Å². The summed E-state index contributed by atoms with van der Waals surface area (Å²) in [4.78, 5) is 39.8. The lowest BCUT2D eigenvalue weighted by Gasteiger charge is -2.19. The van der Waals surface area contributed by atoms with Gasteiger partial charge in [-0.1, -0.05) is 25.4 Å². The molecule has 0 aliphatic heterocycles. The molecule has 9 nitrogen and oxygen atoms in total. The number of esters is 2. The lowest BCUT2D eigenvalue weighted by atomic mass is 10.1. The van der Waals surface area contributed by atoms with Gasteiger partial charge in [-0.15, -0.1) is 0 Å². The van der Waals surface area contributed by atoms with Crippen molar-refractivity contribution in [2.24, 2.45) is 0 Å². The van der Waals surface area contributed by atoms with E-state index in [0.29, 0.717) is 11.3 Å². The molecular formula is C22H27ClN2O7S. The summed E-state index contributed by atoms with van der Waals surface area (Å²) in [6.07, 6.45) is 0. The number of aromatic nitrogens is 1. The quantitative estimate of drug-likeness (QED) is 0.392. The van der Waals surface area contributed by atoms with Crippen molar-refractivity contribution >= 4 is 39.3 Å². The van der Waals surface area contributed by atoms with Crippen LogP contribution < -0.4 is 0 Å². The molecule has 33 heavy (non-hydrogen) atoms. The molecule has 1 heterocycles. The Morgan fingerprint density at radius 2 is 1.67 bits per heavy atom. The number of ketones is 1. The fraction of sp³-hybridized carbons (Fsp3) is 0.409. The second-order valence-electron chi connectivity index (χ2n) is 7.08. The van der Waals surface area contributed by atoms with Crippen LogP contribution >= 0.6 is 11.6 Å². The highest BCUT2D eigenvalue weighted by Gasteiger charge is 2.27. The number of nitrogens with one attached hydrogen (secondary N) is 1. The van der Waals surface area contributed by atoms with Gasteiger partial charge in [0.1, 0.15) is 4.90 Å². The van der Waals surface area contributed by atoms with E-state index in [-0.39, 0.29) is 46.4 Å². The van der Waals surface area contributed by atoms with Crippen LogP contribution in [0.4, 0.5) is 0 Å². The largest absolute Gasteiger partial charge is 0.462 e. The van der Waals surface area contributed by atoms with E-state index in [9.17, 15) is 22.8 Å². The Labute approximate surface area is 198 Å². The molecule has 0 amide bonds. The van der Waals surface area contributed by atoms with Crippen LogP contribution in [0.3, 0.4) is 0 Å². The van der Waals surface area contributed by atoms with Crippen LogP contribution in [0.1, 0.15) is 63.2 Å². The maximum Gasteiger partial charge on any atom is 0.340 e. The third kappa shape index (κ3) is 5.63. The van der Waals surface area contributed by atoms with Gasteiger partial charge in [0.2, 0.25) is 15.8 Å². The number of sulfonamides is 1. The number of hydrogen-bond donors (Lipinski definition) is 1. The van der Waals surface area contributed by atoms with Crippen LogP contribution in [0.15, 0.2) is 23.1 Å². The van der Waals surface area contributed by atoms with Crippen molar-refractivity contribution in [2.75, 3.05) is 26.3 Å². The molecular weight excluding hydrogens is 472 g/mol. The number of nitrogens with zero attached hydrogens (tertiary/aromatic N) is 1. The van der Waals surface area contributed by atoms with Crippen molar-refractivity contribution in [1.29, 1.82) is 0 Å². The molecule has 0 radical (unpaired) electrons. The van der Waals surface area contributed by atoms with Crippen LogP contribution in [0.2, 0.25) is 5.02 Å². The number of aryl methyl sites for hydroxylation is 1. The molecule has 2 rings (SSSR count). The van der Waals surface area contributed by atoms with Gasteiger partial charge in [-0.2, -0.15) is 4.31 Å². The van der Waals surface area contributed by atoms with Crippen LogP contribution in [0, 0.1) is 13.8 Å². The van der Waals surface area contributed by atoms with Gasteiger partial charge in [0.15, 0.2) is 6.61 Å². The molecule has 0 aliphatic rings. The Hall–Kier alpha value is -2.69. The zero-order valence-electron chi connectivity index (χ0n) is 19.2.